The predicted octanol–water partition coefficient (Wildman–Crippen LogP) is 0.0391. The lowest BCUT2D eigenvalue weighted by Crippen LogP contribution is -2.59. The Kier molecular flexibility index (Phi) is 6.11. The third-order valence-corrected chi connectivity index (χ3v) is 2.92. The summed E-state index contributed by atoms with van der Waals surface area (Å²) in [6.07, 6.45) is 0. The quantitative estimate of drug-likeness (QED) is 0.538. The van der Waals surface area contributed by atoms with Crippen molar-refractivity contribution in [2.45, 2.75) is 25.4 Å². The lowest BCUT2D eigenvalue weighted by Gasteiger charge is -2.28. The summed E-state index contributed by atoms with van der Waals surface area (Å²) in [6, 6.07) is 5.50. The molecule has 0 radical (unpaired) electrons. The van der Waals surface area contributed by atoms with Gasteiger partial charge in [-0.3, -0.25) is 4.79 Å². The molecule has 6 nitrogen and oxygen atoms in total. The standard InChI is InChI=1S/C16H20N2O4/c1-16(2,17)13(15(21)22-3)18-14(20)12-8-6-11(7-9-12)5-4-10-19/h6-9,13,19H,10,17H2,1-3H3,(H,18,20)/t13-/m1/s1. The highest BCUT2D eigenvalue weighted by atomic mass is 16.5. The molecule has 0 bridgehead atoms. The number of nitrogens with one attached hydrogen (secondary N) is 1. The van der Waals surface area contributed by atoms with E-state index in [9.17, 15) is 9.59 Å². The molecule has 1 rings (SSSR count). The molecule has 0 saturated heterocycles. The number of hydrogen-bond donors (Lipinski definition) is 3. The van der Waals surface area contributed by atoms with Crippen LogP contribution in [0.15, 0.2) is 24.3 Å². The maximum atomic E-state index is 12.2. The Balaban J connectivity index is 2.88. The van der Waals surface area contributed by atoms with E-state index in [1.54, 1.807) is 38.1 Å². The van der Waals surface area contributed by atoms with Crippen LogP contribution < -0.4 is 11.1 Å². The lowest BCUT2D eigenvalue weighted by molar-refractivity contribution is -0.144. The third-order valence-electron chi connectivity index (χ3n) is 2.92. The van der Waals surface area contributed by atoms with Crippen molar-refractivity contribution in [2.75, 3.05) is 13.7 Å². The van der Waals surface area contributed by atoms with Gasteiger partial charge in [-0.15, -0.1) is 0 Å². The van der Waals surface area contributed by atoms with E-state index in [2.05, 4.69) is 21.9 Å². The Hall–Kier alpha value is -2.36. The zero-order valence-corrected chi connectivity index (χ0v) is 12.8. The fourth-order valence-corrected chi connectivity index (χ4v) is 1.73. The Morgan fingerprint density at radius 2 is 1.95 bits per heavy atom. The first-order valence-electron chi connectivity index (χ1n) is 6.67. The second-order valence-electron chi connectivity index (χ2n) is 5.29. The number of ether oxygens (including phenoxy) is 1. The number of methoxy groups -OCH3 is 1. The monoisotopic (exact) mass is 304 g/mol. The van der Waals surface area contributed by atoms with Gasteiger partial charge in [0.15, 0.2) is 0 Å². The molecule has 0 heterocycles. The van der Waals surface area contributed by atoms with Crippen molar-refractivity contribution in [2.24, 2.45) is 5.73 Å². The minimum absolute atomic E-state index is 0.228. The number of amides is 1. The van der Waals surface area contributed by atoms with Gasteiger partial charge in [0.2, 0.25) is 0 Å². The van der Waals surface area contributed by atoms with Crippen LogP contribution in [0.2, 0.25) is 0 Å². The van der Waals surface area contributed by atoms with Crippen LogP contribution in [-0.4, -0.2) is 42.3 Å². The Morgan fingerprint density at radius 1 is 1.36 bits per heavy atom. The average Bonchev–Trinajstić information content (AvgIpc) is 2.49. The van der Waals surface area contributed by atoms with Crippen molar-refractivity contribution in [3.05, 3.63) is 35.4 Å². The van der Waals surface area contributed by atoms with Gasteiger partial charge < -0.3 is 20.9 Å². The molecule has 1 atom stereocenters. The molecule has 1 amide bonds. The van der Waals surface area contributed by atoms with Gasteiger partial charge in [0.05, 0.1) is 7.11 Å². The van der Waals surface area contributed by atoms with Crippen molar-refractivity contribution in [3.8, 4) is 11.8 Å². The van der Waals surface area contributed by atoms with Crippen LogP contribution in [0.4, 0.5) is 0 Å². The van der Waals surface area contributed by atoms with Gasteiger partial charge in [0.1, 0.15) is 12.6 Å². The summed E-state index contributed by atoms with van der Waals surface area (Å²) in [7, 11) is 1.24. The number of nitrogens with two attached hydrogens (primary N) is 1. The van der Waals surface area contributed by atoms with E-state index in [0.29, 0.717) is 11.1 Å². The van der Waals surface area contributed by atoms with Crippen LogP contribution in [-0.2, 0) is 9.53 Å². The van der Waals surface area contributed by atoms with Gasteiger partial charge in [-0.25, -0.2) is 4.79 Å². The first-order chi connectivity index (χ1) is 10.3. The van der Waals surface area contributed by atoms with Crippen LogP contribution in [0.1, 0.15) is 29.8 Å². The van der Waals surface area contributed by atoms with E-state index >= 15 is 0 Å². The van der Waals surface area contributed by atoms with E-state index < -0.39 is 23.5 Å². The third kappa shape index (κ3) is 4.88. The van der Waals surface area contributed by atoms with Gasteiger partial charge in [-0.05, 0) is 38.1 Å². The SMILES string of the molecule is COC(=O)[C@@H](NC(=O)c1ccc(C#CCO)cc1)C(C)(C)N. The number of esters is 1. The average molecular weight is 304 g/mol. The Bertz CT molecular complexity index is 591. The molecular weight excluding hydrogens is 284 g/mol. The minimum Gasteiger partial charge on any atom is -0.467 e. The van der Waals surface area contributed by atoms with Crippen molar-refractivity contribution >= 4 is 11.9 Å². The molecule has 0 aliphatic carbocycles. The van der Waals surface area contributed by atoms with Gasteiger partial charge in [0, 0.05) is 16.7 Å². The first-order valence-corrected chi connectivity index (χ1v) is 6.67. The van der Waals surface area contributed by atoms with Crippen LogP contribution >= 0.6 is 0 Å². The molecule has 6 heteroatoms. The molecule has 0 aliphatic heterocycles. The zero-order valence-electron chi connectivity index (χ0n) is 12.8. The summed E-state index contributed by atoms with van der Waals surface area (Å²) in [6.45, 7) is 3.03. The summed E-state index contributed by atoms with van der Waals surface area (Å²) in [5, 5.41) is 11.2. The minimum atomic E-state index is -0.963. The molecule has 0 saturated carbocycles. The molecular formula is C16H20N2O4. The van der Waals surface area contributed by atoms with E-state index in [4.69, 9.17) is 10.8 Å². The summed E-state index contributed by atoms with van der Waals surface area (Å²) >= 11 is 0. The van der Waals surface area contributed by atoms with Crippen LogP contribution in [0.3, 0.4) is 0 Å². The smallest absolute Gasteiger partial charge is 0.330 e. The molecule has 0 aromatic heterocycles. The number of carbonyl (C=O) groups is 2. The number of aliphatic hydroxyl groups excluding tert-OH is 1. The van der Waals surface area contributed by atoms with E-state index in [1.165, 1.54) is 7.11 Å². The number of carbonyl (C=O) groups excluding carboxylic acids is 2. The summed E-state index contributed by atoms with van der Waals surface area (Å²) in [5.74, 6) is 4.20. The van der Waals surface area contributed by atoms with Crippen LogP contribution in [0, 0.1) is 11.8 Å². The molecule has 4 N–H and O–H groups in total. The van der Waals surface area contributed by atoms with Gasteiger partial charge in [-0.1, -0.05) is 11.8 Å². The topological polar surface area (TPSA) is 102 Å². The van der Waals surface area contributed by atoms with Crippen molar-refractivity contribution in [1.29, 1.82) is 0 Å². The van der Waals surface area contributed by atoms with Crippen LogP contribution in [0.25, 0.3) is 0 Å². The predicted molar refractivity (Wildman–Crippen MR) is 81.9 cm³/mol. The number of rotatable bonds is 4. The lowest BCUT2D eigenvalue weighted by atomic mass is 9.95. The molecule has 0 aliphatic rings. The van der Waals surface area contributed by atoms with Gasteiger partial charge in [-0.2, -0.15) is 0 Å². The molecule has 1 aromatic carbocycles. The molecule has 0 unspecified atom stereocenters. The number of aliphatic hydroxyl groups is 1. The number of hydrogen-bond acceptors (Lipinski definition) is 5. The largest absolute Gasteiger partial charge is 0.467 e. The zero-order chi connectivity index (χ0) is 16.8. The Morgan fingerprint density at radius 3 is 2.41 bits per heavy atom. The first kappa shape index (κ1) is 17.7. The molecule has 1 aromatic rings. The normalized spacial score (nSPS) is 11.9. The van der Waals surface area contributed by atoms with E-state index in [-0.39, 0.29) is 6.61 Å². The maximum absolute atomic E-state index is 12.2. The second-order valence-corrected chi connectivity index (χ2v) is 5.29. The van der Waals surface area contributed by atoms with Gasteiger partial charge >= 0.3 is 5.97 Å². The maximum Gasteiger partial charge on any atom is 0.330 e. The highest BCUT2D eigenvalue weighted by Gasteiger charge is 2.34. The van der Waals surface area contributed by atoms with Crippen LogP contribution in [0.5, 0.6) is 0 Å². The Labute approximate surface area is 129 Å². The second kappa shape index (κ2) is 7.59. The molecule has 0 spiro atoms. The van der Waals surface area contributed by atoms with Crippen molar-refractivity contribution < 1.29 is 19.4 Å². The molecule has 118 valence electrons. The van der Waals surface area contributed by atoms with Crippen molar-refractivity contribution in [1.82, 2.24) is 5.32 Å². The van der Waals surface area contributed by atoms with E-state index in [1.807, 2.05) is 0 Å². The van der Waals surface area contributed by atoms with Crippen molar-refractivity contribution in [3.63, 3.8) is 0 Å². The molecule has 22 heavy (non-hydrogen) atoms. The summed E-state index contributed by atoms with van der Waals surface area (Å²) in [4.78, 5) is 23.9. The highest BCUT2D eigenvalue weighted by molar-refractivity contribution is 5.97. The summed E-state index contributed by atoms with van der Waals surface area (Å²) < 4.78 is 4.66. The fraction of sp³-hybridized carbons (Fsp3) is 0.375. The summed E-state index contributed by atoms with van der Waals surface area (Å²) in [5.41, 5.74) is 5.98. The fourth-order valence-electron chi connectivity index (χ4n) is 1.73. The number of benzene rings is 1. The molecule has 0 fully saturated rings. The highest BCUT2D eigenvalue weighted by Crippen LogP contribution is 2.09. The van der Waals surface area contributed by atoms with E-state index in [0.717, 1.165) is 0 Å². The van der Waals surface area contributed by atoms with Gasteiger partial charge in [0.25, 0.3) is 5.91 Å².